The van der Waals surface area contributed by atoms with Crippen molar-refractivity contribution in [1.29, 1.82) is 0 Å². The third kappa shape index (κ3) is 3.14. The smallest absolute Gasteiger partial charge is 0.288 e. The van der Waals surface area contributed by atoms with Crippen molar-refractivity contribution in [3.05, 3.63) is 75.1 Å². The Balaban J connectivity index is 1.74. The van der Waals surface area contributed by atoms with Crippen molar-refractivity contribution in [1.82, 2.24) is 14.9 Å². The molecule has 0 radical (unpaired) electrons. The number of fused-ring (bicyclic) bond motifs is 1. The molecule has 0 bridgehead atoms. The molecule has 0 aliphatic heterocycles. The van der Waals surface area contributed by atoms with Gasteiger partial charge in [0, 0.05) is 17.8 Å². The Hall–Kier alpha value is -2.93. The Bertz CT molecular complexity index is 874. The molecule has 23 heavy (non-hydrogen) atoms. The molecule has 0 saturated carbocycles. The Morgan fingerprint density at radius 1 is 1.30 bits per heavy atom. The van der Waals surface area contributed by atoms with E-state index in [1.807, 2.05) is 30.5 Å². The van der Waals surface area contributed by atoms with Crippen LogP contribution in [-0.2, 0) is 6.54 Å². The quantitative estimate of drug-likeness (QED) is 0.588. The van der Waals surface area contributed by atoms with Gasteiger partial charge in [0.05, 0.1) is 22.7 Å². The van der Waals surface area contributed by atoms with E-state index in [0.29, 0.717) is 5.69 Å². The van der Waals surface area contributed by atoms with E-state index in [0.717, 1.165) is 11.6 Å². The summed E-state index contributed by atoms with van der Waals surface area (Å²) >= 11 is 5.73. The second-order valence-corrected chi connectivity index (χ2v) is 5.22. The van der Waals surface area contributed by atoms with Gasteiger partial charge < -0.3 is 5.32 Å². The number of pyridine rings is 1. The van der Waals surface area contributed by atoms with Crippen molar-refractivity contribution in [3.63, 3.8) is 0 Å². The monoisotopic (exact) mass is 330 g/mol. The minimum absolute atomic E-state index is 0.00750. The lowest BCUT2D eigenvalue weighted by atomic mass is 10.2. The van der Waals surface area contributed by atoms with Crippen molar-refractivity contribution in [2.24, 2.45) is 0 Å². The molecule has 7 nitrogen and oxygen atoms in total. The van der Waals surface area contributed by atoms with Crippen molar-refractivity contribution in [2.75, 3.05) is 0 Å². The zero-order valence-corrected chi connectivity index (χ0v) is 12.5. The van der Waals surface area contributed by atoms with Gasteiger partial charge >= 0.3 is 0 Å². The minimum atomic E-state index is -0.624. The van der Waals surface area contributed by atoms with E-state index >= 15 is 0 Å². The number of halogens is 1. The van der Waals surface area contributed by atoms with Gasteiger partial charge in [-0.3, -0.25) is 14.9 Å². The first-order valence-corrected chi connectivity index (χ1v) is 7.08. The molecule has 116 valence electrons. The summed E-state index contributed by atoms with van der Waals surface area (Å²) in [5.74, 6) is -0.429. The first-order chi connectivity index (χ1) is 11.0. The lowest BCUT2D eigenvalue weighted by Gasteiger charge is -2.04. The molecular weight excluding hydrogens is 320 g/mol. The highest BCUT2D eigenvalue weighted by Gasteiger charge is 2.16. The normalized spacial score (nSPS) is 10.7. The predicted octanol–water partition coefficient (Wildman–Crippen LogP) is 2.83. The average Bonchev–Trinajstić information content (AvgIpc) is 2.95. The van der Waals surface area contributed by atoms with E-state index in [9.17, 15) is 14.9 Å². The van der Waals surface area contributed by atoms with Crippen molar-refractivity contribution >= 4 is 28.7 Å². The number of nitro groups is 1. The Kier molecular flexibility index (Phi) is 3.94. The lowest BCUT2D eigenvalue weighted by Crippen LogP contribution is -2.23. The first-order valence-electron chi connectivity index (χ1n) is 6.70. The molecule has 0 unspecified atom stereocenters. The molecule has 1 amide bonds. The molecule has 0 aliphatic rings. The summed E-state index contributed by atoms with van der Waals surface area (Å²) in [6, 6.07) is 11.4. The number of carbonyl (C=O) groups is 1. The summed E-state index contributed by atoms with van der Waals surface area (Å²) in [6.45, 7) is 0.219. The predicted molar refractivity (Wildman–Crippen MR) is 84.5 cm³/mol. The number of nitrogens with one attached hydrogen (secondary N) is 1. The summed E-state index contributed by atoms with van der Waals surface area (Å²) in [7, 11) is 0. The average molecular weight is 331 g/mol. The molecule has 0 spiro atoms. The summed E-state index contributed by atoms with van der Waals surface area (Å²) in [4.78, 5) is 22.3. The van der Waals surface area contributed by atoms with Crippen LogP contribution >= 0.6 is 11.6 Å². The van der Waals surface area contributed by atoms with Gasteiger partial charge in [0.1, 0.15) is 5.02 Å². The van der Waals surface area contributed by atoms with Gasteiger partial charge in [0.15, 0.2) is 0 Å². The third-order valence-electron chi connectivity index (χ3n) is 3.26. The number of hydrogen-bond donors (Lipinski definition) is 1. The van der Waals surface area contributed by atoms with Gasteiger partial charge in [-0.2, -0.15) is 5.10 Å². The van der Waals surface area contributed by atoms with Crippen molar-refractivity contribution in [2.45, 2.75) is 6.54 Å². The topological polar surface area (TPSA) is 89.5 Å². The largest absolute Gasteiger partial charge is 0.346 e. The van der Waals surface area contributed by atoms with E-state index in [1.165, 1.54) is 12.1 Å². The van der Waals surface area contributed by atoms with Crippen LogP contribution in [0.3, 0.4) is 0 Å². The molecule has 2 heterocycles. The zero-order chi connectivity index (χ0) is 16.4. The van der Waals surface area contributed by atoms with Gasteiger partial charge in [-0.1, -0.05) is 17.7 Å². The fourth-order valence-corrected chi connectivity index (χ4v) is 2.33. The summed E-state index contributed by atoms with van der Waals surface area (Å²) < 4.78 is 1.70. The molecular formula is C15H11ClN4O3. The fourth-order valence-electron chi connectivity index (χ4n) is 2.14. The van der Waals surface area contributed by atoms with Gasteiger partial charge in [0.25, 0.3) is 11.6 Å². The van der Waals surface area contributed by atoms with Crippen LogP contribution in [0.2, 0.25) is 5.02 Å². The second-order valence-electron chi connectivity index (χ2n) is 4.81. The highest BCUT2D eigenvalue weighted by Crippen LogP contribution is 2.25. The second kappa shape index (κ2) is 6.05. The van der Waals surface area contributed by atoms with Crippen LogP contribution in [0.5, 0.6) is 0 Å². The number of amides is 1. The maximum Gasteiger partial charge on any atom is 0.288 e. The Labute approximate surface area is 135 Å². The highest BCUT2D eigenvalue weighted by molar-refractivity contribution is 6.32. The molecule has 8 heteroatoms. The SMILES string of the molecule is O=C(NCc1cc2ccccn2n1)c1ccc(Cl)c([N+](=O)[O-])c1. The molecule has 0 saturated heterocycles. The van der Waals surface area contributed by atoms with Crippen LogP contribution in [0, 0.1) is 10.1 Å². The molecule has 0 atom stereocenters. The zero-order valence-electron chi connectivity index (χ0n) is 11.8. The van der Waals surface area contributed by atoms with Crippen molar-refractivity contribution in [3.8, 4) is 0 Å². The van der Waals surface area contributed by atoms with Gasteiger partial charge in [-0.05, 0) is 30.3 Å². The number of nitrogens with zero attached hydrogens (tertiary/aromatic N) is 3. The van der Waals surface area contributed by atoms with Gasteiger partial charge in [-0.25, -0.2) is 4.52 Å². The van der Waals surface area contributed by atoms with Crippen LogP contribution < -0.4 is 5.32 Å². The standard InChI is InChI=1S/C15H11ClN4O3/c16-13-5-4-10(7-14(13)20(22)23)15(21)17-9-11-8-12-3-1-2-6-19(12)18-11/h1-8H,9H2,(H,17,21). The van der Waals surface area contributed by atoms with Crippen LogP contribution in [0.1, 0.15) is 16.1 Å². The molecule has 0 aliphatic carbocycles. The van der Waals surface area contributed by atoms with E-state index in [2.05, 4.69) is 10.4 Å². The summed E-state index contributed by atoms with van der Waals surface area (Å²) in [5.41, 5.74) is 1.48. The minimum Gasteiger partial charge on any atom is -0.346 e. The number of benzene rings is 1. The Morgan fingerprint density at radius 2 is 2.13 bits per heavy atom. The number of rotatable bonds is 4. The highest BCUT2D eigenvalue weighted by atomic mass is 35.5. The van der Waals surface area contributed by atoms with E-state index in [1.54, 1.807) is 4.52 Å². The van der Waals surface area contributed by atoms with Gasteiger partial charge in [0.2, 0.25) is 0 Å². The molecule has 1 N–H and O–H groups in total. The van der Waals surface area contributed by atoms with Crippen LogP contribution in [0.25, 0.3) is 5.52 Å². The Morgan fingerprint density at radius 3 is 2.87 bits per heavy atom. The fraction of sp³-hybridized carbons (Fsp3) is 0.0667. The summed E-state index contributed by atoms with van der Waals surface area (Å²) in [6.07, 6.45) is 1.81. The molecule has 1 aromatic carbocycles. The van der Waals surface area contributed by atoms with Crippen LogP contribution in [0.15, 0.2) is 48.7 Å². The van der Waals surface area contributed by atoms with E-state index in [-0.39, 0.29) is 22.8 Å². The van der Waals surface area contributed by atoms with Crippen LogP contribution in [0.4, 0.5) is 5.69 Å². The third-order valence-corrected chi connectivity index (χ3v) is 3.58. The molecule has 0 fully saturated rings. The number of carbonyl (C=O) groups excluding carboxylic acids is 1. The lowest BCUT2D eigenvalue weighted by molar-refractivity contribution is -0.384. The number of aromatic nitrogens is 2. The van der Waals surface area contributed by atoms with Gasteiger partial charge in [-0.15, -0.1) is 0 Å². The maximum atomic E-state index is 12.1. The van der Waals surface area contributed by atoms with Crippen molar-refractivity contribution < 1.29 is 9.72 Å². The molecule has 3 rings (SSSR count). The molecule has 3 aromatic rings. The summed E-state index contributed by atoms with van der Waals surface area (Å²) in [5, 5.41) is 17.8. The van der Waals surface area contributed by atoms with Crippen LogP contribution in [-0.4, -0.2) is 20.4 Å². The first kappa shape index (κ1) is 15.0. The number of nitro benzene ring substituents is 1. The molecule has 2 aromatic heterocycles. The number of hydrogen-bond acceptors (Lipinski definition) is 4. The maximum absolute atomic E-state index is 12.1. The van der Waals surface area contributed by atoms with E-state index < -0.39 is 10.8 Å². The van der Waals surface area contributed by atoms with E-state index in [4.69, 9.17) is 11.6 Å².